The summed E-state index contributed by atoms with van der Waals surface area (Å²) in [6.07, 6.45) is 2.41. The van der Waals surface area contributed by atoms with Gasteiger partial charge in [-0.15, -0.1) is 11.8 Å². The second kappa shape index (κ2) is 5.89. The zero-order valence-electron chi connectivity index (χ0n) is 9.70. The van der Waals surface area contributed by atoms with Gasteiger partial charge in [-0.1, -0.05) is 0 Å². The summed E-state index contributed by atoms with van der Waals surface area (Å²) in [6.45, 7) is 0.200. The molecular formula is C9H12N3O5PS. The predicted octanol–water partition coefficient (Wildman–Crippen LogP) is 0.495. The number of ether oxygens (including phenoxy) is 1. The molecule has 2 aromatic heterocycles. The zero-order valence-corrected chi connectivity index (χ0v) is 11.4. The van der Waals surface area contributed by atoms with Crippen molar-refractivity contribution in [2.45, 2.75) is 4.90 Å². The number of thioether (sulfide) groups is 1. The number of rotatable bonds is 6. The number of fused-ring (bicyclic) bond motifs is 1. The lowest BCUT2D eigenvalue weighted by Crippen LogP contribution is -2.05. The van der Waals surface area contributed by atoms with Crippen molar-refractivity contribution in [3.8, 4) is 0 Å². The number of nitrogens with zero attached hydrogens (tertiary/aromatic N) is 1. The van der Waals surface area contributed by atoms with Gasteiger partial charge in [-0.25, -0.2) is 4.98 Å². The second-order valence-electron chi connectivity index (χ2n) is 3.66. The number of aromatic amines is 2. The minimum absolute atomic E-state index is 0.200. The molecule has 0 fully saturated rings. The first-order valence-electron chi connectivity index (χ1n) is 5.27. The van der Waals surface area contributed by atoms with Crippen molar-refractivity contribution in [1.82, 2.24) is 15.0 Å². The summed E-state index contributed by atoms with van der Waals surface area (Å²) >= 11 is 1.39. The smallest absolute Gasteiger partial charge is 0.350 e. The second-order valence-corrected chi connectivity index (χ2v) is 6.38. The normalized spacial score (nSPS) is 12.1. The van der Waals surface area contributed by atoms with E-state index in [-0.39, 0.29) is 12.2 Å². The number of hydrogen-bond donors (Lipinski definition) is 4. The molecule has 2 heterocycles. The van der Waals surface area contributed by atoms with Gasteiger partial charge < -0.3 is 24.5 Å². The summed E-state index contributed by atoms with van der Waals surface area (Å²) < 4.78 is 15.4. The average molecular weight is 305 g/mol. The van der Waals surface area contributed by atoms with Gasteiger partial charge in [-0.05, 0) is 0 Å². The first-order valence-corrected chi connectivity index (χ1v) is 8.05. The van der Waals surface area contributed by atoms with Crippen LogP contribution in [0.2, 0.25) is 0 Å². The molecule has 0 aromatic carbocycles. The fraction of sp³-hybridized carbons (Fsp3) is 0.333. The molecule has 0 radical (unpaired) electrons. The van der Waals surface area contributed by atoms with Crippen LogP contribution in [0.25, 0.3) is 11.0 Å². The first kappa shape index (κ1) is 14.3. The fourth-order valence-electron chi connectivity index (χ4n) is 1.43. The quantitative estimate of drug-likeness (QED) is 0.347. The van der Waals surface area contributed by atoms with Gasteiger partial charge in [0.25, 0.3) is 5.56 Å². The molecular weight excluding hydrogens is 293 g/mol. The Bertz CT molecular complexity index is 663. The van der Waals surface area contributed by atoms with Crippen LogP contribution < -0.4 is 5.56 Å². The van der Waals surface area contributed by atoms with Crippen LogP contribution in [0.5, 0.6) is 0 Å². The van der Waals surface area contributed by atoms with E-state index in [1.54, 1.807) is 6.20 Å². The topological polar surface area (TPSA) is 128 Å². The highest BCUT2D eigenvalue weighted by Crippen LogP contribution is 2.34. The number of hydrogen-bond acceptors (Lipinski definition) is 5. The molecule has 0 saturated carbocycles. The van der Waals surface area contributed by atoms with E-state index in [1.165, 1.54) is 18.1 Å². The van der Waals surface area contributed by atoms with Gasteiger partial charge in [0.05, 0.1) is 17.8 Å². The first-order chi connectivity index (χ1) is 8.97. The Morgan fingerprint density at radius 2 is 2.21 bits per heavy atom. The van der Waals surface area contributed by atoms with Gasteiger partial charge in [-0.2, -0.15) is 0 Å². The highest BCUT2D eigenvalue weighted by molar-refractivity contribution is 7.99. The fourth-order valence-corrected chi connectivity index (χ4v) is 2.65. The Morgan fingerprint density at radius 3 is 2.95 bits per heavy atom. The van der Waals surface area contributed by atoms with E-state index in [4.69, 9.17) is 14.5 Å². The molecule has 19 heavy (non-hydrogen) atoms. The molecule has 104 valence electrons. The minimum Gasteiger partial charge on any atom is -0.368 e. The van der Waals surface area contributed by atoms with Gasteiger partial charge >= 0.3 is 7.60 Å². The highest BCUT2D eigenvalue weighted by atomic mass is 32.2. The molecule has 4 N–H and O–H groups in total. The minimum atomic E-state index is -4.11. The van der Waals surface area contributed by atoms with Crippen LogP contribution in [0.1, 0.15) is 0 Å². The third-order valence-electron chi connectivity index (χ3n) is 2.18. The molecule has 0 atom stereocenters. The largest absolute Gasteiger partial charge is 0.368 e. The van der Waals surface area contributed by atoms with Gasteiger partial charge in [0.15, 0.2) is 0 Å². The van der Waals surface area contributed by atoms with Crippen LogP contribution >= 0.6 is 19.4 Å². The van der Waals surface area contributed by atoms with E-state index in [2.05, 4.69) is 15.0 Å². The maximum absolute atomic E-state index is 11.4. The van der Waals surface area contributed by atoms with Crippen LogP contribution in [0, 0.1) is 0 Å². The molecule has 0 saturated heterocycles. The number of nitrogens with one attached hydrogen (secondary N) is 2. The Kier molecular flexibility index (Phi) is 4.43. The van der Waals surface area contributed by atoms with Crippen LogP contribution in [-0.4, -0.2) is 43.4 Å². The Labute approximate surface area is 111 Å². The number of H-pyrrole nitrogens is 2. The molecule has 0 aliphatic heterocycles. The summed E-state index contributed by atoms with van der Waals surface area (Å²) in [4.78, 5) is 38.8. The van der Waals surface area contributed by atoms with Crippen LogP contribution in [0.4, 0.5) is 0 Å². The highest BCUT2D eigenvalue weighted by Gasteiger charge is 2.12. The lowest BCUT2D eigenvalue weighted by Gasteiger charge is -2.04. The monoisotopic (exact) mass is 305 g/mol. The van der Waals surface area contributed by atoms with E-state index in [0.29, 0.717) is 16.8 Å². The number of aromatic nitrogens is 3. The molecule has 2 rings (SSSR count). The van der Waals surface area contributed by atoms with Crippen molar-refractivity contribution in [3.63, 3.8) is 0 Å². The standard InChI is InChI=1S/C9H12N3O5PS/c13-9-8-7(11-4-12-9)6(3-10-8)19-2-1-17-5-18(14,15)16/h3-4,10H,1-2,5H2,(H,11,12,13)(H2,14,15,16). The molecule has 0 amide bonds. The molecule has 0 bridgehead atoms. The zero-order chi connectivity index (χ0) is 13.9. The van der Waals surface area contributed by atoms with Crippen molar-refractivity contribution in [1.29, 1.82) is 0 Å². The maximum atomic E-state index is 11.4. The van der Waals surface area contributed by atoms with Crippen LogP contribution in [-0.2, 0) is 9.30 Å². The molecule has 0 unspecified atom stereocenters. The van der Waals surface area contributed by atoms with E-state index >= 15 is 0 Å². The van der Waals surface area contributed by atoms with Gasteiger partial charge in [0, 0.05) is 11.9 Å². The summed E-state index contributed by atoms with van der Waals surface area (Å²) in [5.41, 5.74) is 0.736. The van der Waals surface area contributed by atoms with Gasteiger partial charge in [-0.3, -0.25) is 9.36 Å². The third-order valence-corrected chi connectivity index (χ3v) is 3.69. The SMILES string of the molecule is O=c1[nH]cnc2c(SCCOCP(=O)(O)O)c[nH]c12. The van der Waals surface area contributed by atoms with Gasteiger partial charge in [0.2, 0.25) is 0 Å². The van der Waals surface area contributed by atoms with E-state index < -0.39 is 13.9 Å². The average Bonchev–Trinajstić information content (AvgIpc) is 2.72. The predicted molar refractivity (Wildman–Crippen MR) is 70.3 cm³/mol. The third kappa shape index (κ3) is 3.92. The van der Waals surface area contributed by atoms with Crippen LogP contribution in [0.15, 0.2) is 22.2 Å². The molecule has 0 spiro atoms. The van der Waals surface area contributed by atoms with Gasteiger partial charge in [0.1, 0.15) is 17.4 Å². The molecule has 2 aromatic rings. The van der Waals surface area contributed by atoms with Crippen molar-refractivity contribution in [2.75, 3.05) is 18.7 Å². The van der Waals surface area contributed by atoms with Crippen molar-refractivity contribution in [2.24, 2.45) is 0 Å². The van der Waals surface area contributed by atoms with E-state index in [0.717, 1.165) is 4.90 Å². The Hall–Kier alpha value is -1.12. The lowest BCUT2D eigenvalue weighted by atomic mass is 10.5. The van der Waals surface area contributed by atoms with E-state index in [9.17, 15) is 9.36 Å². The maximum Gasteiger partial charge on any atom is 0.350 e. The van der Waals surface area contributed by atoms with Crippen molar-refractivity contribution in [3.05, 3.63) is 22.9 Å². The molecule has 10 heteroatoms. The summed E-state index contributed by atoms with van der Waals surface area (Å²) in [7, 11) is -4.11. The molecule has 8 nitrogen and oxygen atoms in total. The van der Waals surface area contributed by atoms with Crippen molar-refractivity contribution < 1.29 is 19.1 Å². The summed E-state index contributed by atoms with van der Waals surface area (Å²) in [5, 5.41) is 0. The molecule has 0 aliphatic carbocycles. The Balaban J connectivity index is 1.91. The summed E-state index contributed by atoms with van der Waals surface area (Å²) in [6, 6.07) is 0. The Morgan fingerprint density at radius 1 is 1.42 bits per heavy atom. The molecule has 0 aliphatic rings. The van der Waals surface area contributed by atoms with E-state index in [1.807, 2.05) is 0 Å². The summed E-state index contributed by atoms with van der Waals surface area (Å²) in [5.74, 6) is 0.501. The van der Waals surface area contributed by atoms with Crippen LogP contribution in [0.3, 0.4) is 0 Å². The lowest BCUT2D eigenvalue weighted by molar-refractivity contribution is 0.173. The van der Waals surface area contributed by atoms with Crippen molar-refractivity contribution >= 4 is 30.4 Å².